The van der Waals surface area contributed by atoms with Crippen molar-refractivity contribution < 1.29 is 0 Å². The highest BCUT2D eigenvalue weighted by Gasteiger charge is 2.33. The zero-order valence-electron chi connectivity index (χ0n) is 8.57. The lowest BCUT2D eigenvalue weighted by atomic mass is 10.2. The largest absolute Gasteiger partial charge is 0.179 e. The monoisotopic (exact) mass is 190 g/mol. The summed E-state index contributed by atoms with van der Waals surface area (Å²) in [5, 5.41) is 0.552. The van der Waals surface area contributed by atoms with E-state index in [1.807, 2.05) is 0 Å². The maximum absolute atomic E-state index is 4.25. The van der Waals surface area contributed by atoms with Crippen molar-refractivity contribution in [2.24, 2.45) is 0 Å². The highest BCUT2D eigenvalue weighted by Crippen LogP contribution is 2.39. The van der Waals surface area contributed by atoms with Gasteiger partial charge < -0.3 is 0 Å². The second-order valence-electron chi connectivity index (χ2n) is 4.96. The highest BCUT2D eigenvalue weighted by molar-refractivity contribution is 7.80. The molecule has 0 aliphatic rings. The average molecular weight is 190 g/mol. The van der Waals surface area contributed by atoms with Gasteiger partial charge in [0.25, 0.3) is 0 Å². The molecule has 0 rings (SSSR count). The molecule has 11 heavy (non-hydrogen) atoms. The molecule has 0 nitrogen and oxygen atoms in total. The van der Waals surface area contributed by atoms with Gasteiger partial charge in [-0.25, -0.2) is 0 Å². The van der Waals surface area contributed by atoms with E-state index in [1.165, 1.54) is 12.5 Å². The van der Waals surface area contributed by atoms with Gasteiger partial charge in [-0.2, -0.15) is 12.6 Å². The van der Waals surface area contributed by atoms with E-state index in [4.69, 9.17) is 0 Å². The van der Waals surface area contributed by atoms with Gasteiger partial charge >= 0.3 is 0 Å². The molecule has 0 bridgehead atoms. The van der Waals surface area contributed by atoms with Gasteiger partial charge in [-0.3, -0.25) is 0 Å². The minimum absolute atomic E-state index is 0.552. The molecule has 0 aliphatic carbocycles. The van der Waals surface area contributed by atoms with Crippen molar-refractivity contribution in [1.29, 1.82) is 0 Å². The van der Waals surface area contributed by atoms with Crippen LogP contribution in [-0.2, 0) is 0 Å². The first kappa shape index (κ1) is 11.6. The SMILES string of the molecule is CC(C)(C)[Si](C)(C)CCCS. The molecule has 0 aromatic carbocycles. The van der Waals surface area contributed by atoms with Crippen LogP contribution in [0, 0.1) is 0 Å². The Morgan fingerprint density at radius 1 is 1.18 bits per heavy atom. The fourth-order valence-corrected chi connectivity index (χ4v) is 3.16. The summed E-state index contributed by atoms with van der Waals surface area (Å²) in [4.78, 5) is 0. The molecule has 68 valence electrons. The van der Waals surface area contributed by atoms with Crippen molar-refractivity contribution >= 4 is 20.7 Å². The van der Waals surface area contributed by atoms with Gasteiger partial charge in [-0.1, -0.05) is 39.9 Å². The van der Waals surface area contributed by atoms with E-state index in [2.05, 4.69) is 46.5 Å². The topological polar surface area (TPSA) is 0 Å². The fourth-order valence-electron chi connectivity index (χ4n) is 0.896. The minimum atomic E-state index is -0.975. The van der Waals surface area contributed by atoms with Crippen LogP contribution in [0.4, 0.5) is 0 Å². The average Bonchev–Trinajstić information content (AvgIpc) is 1.81. The molecule has 0 radical (unpaired) electrons. The summed E-state index contributed by atoms with van der Waals surface area (Å²) in [7, 11) is -0.975. The molecule has 0 heterocycles. The van der Waals surface area contributed by atoms with Crippen molar-refractivity contribution in [2.45, 2.75) is 51.4 Å². The van der Waals surface area contributed by atoms with Gasteiger partial charge in [0.2, 0.25) is 0 Å². The Bertz CT molecular complexity index is 113. The van der Waals surface area contributed by atoms with E-state index in [9.17, 15) is 0 Å². The maximum atomic E-state index is 4.25. The van der Waals surface area contributed by atoms with Crippen molar-refractivity contribution in [3.63, 3.8) is 0 Å². The lowest BCUT2D eigenvalue weighted by Crippen LogP contribution is -2.36. The van der Waals surface area contributed by atoms with Crippen molar-refractivity contribution in [2.75, 3.05) is 5.75 Å². The predicted molar refractivity (Wildman–Crippen MR) is 60.5 cm³/mol. The molecule has 0 spiro atoms. The van der Waals surface area contributed by atoms with Crippen LogP contribution in [0.2, 0.25) is 24.2 Å². The molecule has 2 heteroatoms. The fraction of sp³-hybridized carbons (Fsp3) is 1.00. The van der Waals surface area contributed by atoms with E-state index >= 15 is 0 Å². The van der Waals surface area contributed by atoms with Crippen LogP contribution in [0.25, 0.3) is 0 Å². The van der Waals surface area contributed by atoms with Gasteiger partial charge in [0, 0.05) is 0 Å². The minimum Gasteiger partial charge on any atom is -0.179 e. The smallest absolute Gasteiger partial charge is 0.0528 e. The summed E-state index contributed by atoms with van der Waals surface area (Å²) in [6.45, 7) is 12.1. The highest BCUT2D eigenvalue weighted by atomic mass is 32.1. The summed E-state index contributed by atoms with van der Waals surface area (Å²) >= 11 is 4.25. The summed E-state index contributed by atoms with van der Waals surface area (Å²) in [6.07, 6.45) is 1.29. The third-order valence-electron chi connectivity index (χ3n) is 2.99. The Balaban J connectivity index is 4.00. The molecule has 0 fully saturated rings. The third kappa shape index (κ3) is 3.65. The van der Waals surface area contributed by atoms with Gasteiger partial charge in [0.15, 0.2) is 0 Å². The van der Waals surface area contributed by atoms with Crippen LogP contribution in [0.15, 0.2) is 0 Å². The molecule has 0 unspecified atom stereocenters. The Hall–Kier alpha value is 0.567. The first-order chi connectivity index (χ1) is 4.81. The van der Waals surface area contributed by atoms with Crippen molar-refractivity contribution in [3.8, 4) is 0 Å². The molecule has 0 atom stereocenters. The standard InChI is InChI=1S/C9H22SSi/c1-9(2,3)11(4,5)8-6-7-10/h10H,6-8H2,1-5H3. The quantitative estimate of drug-likeness (QED) is 0.508. The van der Waals surface area contributed by atoms with E-state index in [1.54, 1.807) is 0 Å². The Labute approximate surface area is 78.2 Å². The third-order valence-corrected chi connectivity index (χ3v) is 8.97. The molecule has 0 aromatic rings. The first-order valence-electron chi connectivity index (χ1n) is 4.42. The number of hydrogen-bond acceptors (Lipinski definition) is 1. The second-order valence-corrected chi connectivity index (χ2v) is 11.2. The van der Waals surface area contributed by atoms with Crippen molar-refractivity contribution in [3.05, 3.63) is 0 Å². The number of rotatable bonds is 3. The van der Waals surface area contributed by atoms with Gasteiger partial charge in [-0.05, 0) is 17.2 Å². The van der Waals surface area contributed by atoms with E-state index in [0.717, 1.165) is 5.75 Å². The Kier molecular flexibility index (Phi) is 4.20. The molecule has 0 aliphatic heterocycles. The second kappa shape index (κ2) is 3.99. The zero-order valence-corrected chi connectivity index (χ0v) is 10.5. The number of thiol groups is 1. The summed E-state index contributed by atoms with van der Waals surface area (Å²) < 4.78 is 0. The Morgan fingerprint density at radius 3 is 1.91 bits per heavy atom. The normalized spacial score (nSPS) is 13.6. The molecule has 0 aromatic heterocycles. The van der Waals surface area contributed by atoms with Crippen LogP contribution < -0.4 is 0 Å². The molecular formula is C9H22SSi. The Morgan fingerprint density at radius 2 is 1.64 bits per heavy atom. The van der Waals surface area contributed by atoms with Crippen LogP contribution >= 0.6 is 12.6 Å². The molecule has 0 amide bonds. The first-order valence-corrected chi connectivity index (χ1v) is 8.26. The summed E-state index contributed by atoms with van der Waals surface area (Å²) in [5.74, 6) is 1.05. The maximum Gasteiger partial charge on any atom is 0.0528 e. The van der Waals surface area contributed by atoms with Crippen LogP contribution in [0.3, 0.4) is 0 Å². The summed E-state index contributed by atoms with van der Waals surface area (Å²) in [6, 6.07) is 1.42. The molecule has 0 saturated carbocycles. The molecule has 0 N–H and O–H groups in total. The van der Waals surface area contributed by atoms with Gasteiger partial charge in [-0.15, -0.1) is 0 Å². The van der Waals surface area contributed by atoms with Crippen LogP contribution in [0.5, 0.6) is 0 Å². The molecule has 0 saturated heterocycles. The van der Waals surface area contributed by atoms with Gasteiger partial charge in [0.1, 0.15) is 0 Å². The summed E-state index contributed by atoms with van der Waals surface area (Å²) in [5.41, 5.74) is 0. The number of hydrogen-bond donors (Lipinski definition) is 1. The van der Waals surface area contributed by atoms with Gasteiger partial charge in [0.05, 0.1) is 8.07 Å². The zero-order chi connectivity index (χ0) is 9.12. The van der Waals surface area contributed by atoms with Crippen LogP contribution in [0.1, 0.15) is 27.2 Å². The van der Waals surface area contributed by atoms with E-state index < -0.39 is 8.07 Å². The lowest BCUT2D eigenvalue weighted by Gasteiger charge is -2.37. The lowest BCUT2D eigenvalue weighted by molar-refractivity contribution is 0.710. The molecular weight excluding hydrogens is 168 g/mol. The van der Waals surface area contributed by atoms with Crippen LogP contribution in [-0.4, -0.2) is 13.8 Å². The predicted octanol–water partition coefficient (Wildman–Crippen LogP) is 3.81. The van der Waals surface area contributed by atoms with E-state index in [0.29, 0.717) is 5.04 Å². The van der Waals surface area contributed by atoms with E-state index in [-0.39, 0.29) is 0 Å². The van der Waals surface area contributed by atoms with Crippen molar-refractivity contribution in [1.82, 2.24) is 0 Å².